The van der Waals surface area contributed by atoms with Gasteiger partial charge in [-0.2, -0.15) is 0 Å². The number of aliphatic hydroxyl groups excluding tert-OH is 1. The molecule has 0 saturated heterocycles. The van der Waals surface area contributed by atoms with Crippen molar-refractivity contribution < 1.29 is 5.11 Å². The van der Waals surface area contributed by atoms with Gasteiger partial charge in [0.05, 0.1) is 6.61 Å². The molecule has 0 saturated carbocycles. The van der Waals surface area contributed by atoms with Gasteiger partial charge in [-0.3, -0.25) is 0 Å². The molecule has 0 aliphatic heterocycles. The highest BCUT2D eigenvalue weighted by molar-refractivity contribution is 9.35. The van der Waals surface area contributed by atoms with Gasteiger partial charge >= 0.3 is 0 Å². The van der Waals surface area contributed by atoms with Gasteiger partial charge in [0.1, 0.15) is 16.2 Å². The summed E-state index contributed by atoms with van der Waals surface area (Å²) in [5, 5.41) is 9.57. The second kappa shape index (κ2) is 7.98. The largest absolute Gasteiger partial charge is 0.394 e. The van der Waals surface area contributed by atoms with E-state index in [2.05, 4.69) is 159 Å². The average molecular weight is 919 g/mol. The molecule has 0 unspecified atom stereocenters. The van der Waals surface area contributed by atoms with Crippen molar-refractivity contribution >= 4 is 159 Å². The van der Waals surface area contributed by atoms with E-state index in [0.29, 0.717) is 0 Å². The van der Waals surface area contributed by atoms with Crippen LogP contribution < -0.4 is 0 Å². The van der Waals surface area contributed by atoms with Crippen LogP contribution in [0.15, 0.2) is 0 Å². The molecule has 0 aliphatic carbocycles. The summed E-state index contributed by atoms with van der Waals surface area (Å²) in [6, 6.07) is 0. The molecule has 116 valence electrons. The van der Waals surface area contributed by atoms with Crippen LogP contribution in [0, 0.1) is 0 Å². The fourth-order valence-corrected chi connectivity index (χ4v) is 8.71. The molecule has 0 amide bonds. The van der Waals surface area contributed by atoms with E-state index in [9.17, 15) is 5.11 Å². The lowest BCUT2D eigenvalue weighted by atomic mass is 10.1. The Hall–Kier alpha value is 4.76. The van der Waals surface area contributed by atoms with Crippen LogP contribution in [0.2, 0.25) is 0 Å². The normalized spacial score (nSPS) is 15.8. The van der Waals surface area contributed by atoms with Crippen molar-refractivity contribution in [1.82, 2.24) is 0 Å². The third-order valence-corrected chi connectivity index (χ3v) is 22.3. The summed E-state index contributed by atoms with van der Waals surface area (Å²) in [5.74, 6) is 0. The van der Waals surface area contributed by atoms with E-state index in [0.717, 1.165) is 6.42 Å². The summed E-state index contributed by atoms with van der Waals surface area (Å²) in [7, 11) is 0. The minimum Gasteiger partial charge on any atom is -0.394 e. The van der Waals surface area contributed by atoms with Gasteiger partial charge in [0.25, 0.3) is 0 Å². The standard InChI is InChI=1S/C8H8Br10O/c1-2-4(9,10)6(13,14)8(17,18)7(15,16)5(11,12)3-19/h19H,2-3H2,1H3. The molecule has 0 aromatic rings. The zero-order chi connectivity index (χ0) is 15.9. The van der Waals surface area contributed by atoms with Gasteiger partial charge in [0, 0.05) is 0 Å². The average Bonchev–Trinajstić information content (AvgIpc) is 2.27. The summed E-state index contributed by atoms with van der Waals surface area (Å²) in [6.45, 7) is 1.87. The fraction of sp³-hybridized carbons (Fsp3) is 1.00. The number of hydrogen-bond acceptors (Lipinski definition) is 1. The Balaban J connectivity index is 5.86. The molecule has 0 spiro atoms. The van der Waals surface area contributed by atoms with Crippen LogP contribution in [-0.2, 0) is 0 Å². The van der Waals surface area contributed by atoms with Gasteiger partial charge in [-0.05, 0) is 6.42 Å². The highest BCUT2D eigenvalue weighted by Gasteiger charge is 2.69. The second-order valence-corrected chi connectivity index (χ2v) is 21.5. The lowest BCUT2D eigenvalue weighted by Gasteiger charge is -2.52. The first-order valence-corrected chi connectivity index (χ1v) is 12.6. The molecule has 19 heavy (non-hydrogen) atoms. The van der Waals surface area contributed by atoms with Crippen molar-refractivity contribution in [2.24, 2.45) is 0 Å². The van der Waals surface area contributed by atoms with Gasteiger partial charge in [-0.1, -0.05) is 166 Å². The summed E-state index contributed by atoms with van der Waals surface area (Å²) in [6.07, 6.45) is 0.773. The second-order valence-electron chi connectivity index (χ2n) is 3.64. The zero-order valence-electron chi connectivity index (χ0n) is 9.14. The van der Waals surface area contributed by atoms with E-state index >= 15 is 0 Å². The third-order valence-electron chi connectivity index (χ3n) is 2.35. The fourth-order valence-electron chi connectivity index (χ4n) is 0.978. The van der Waals surface area contributed by atoms with Crippen molar-refractivity contribution in [2.75, 3.05) is 6.61 Å². The molecule has 0 radical (unpaired) electrons. The molecular weight excluding hydrogens is 911 g/mol. The third kappa shape index (κ3) is 4.49. The van der Waals surface area contributed by atoms with E-state index < -0.39 is 16.2 Å². The SMILES string of the molecule is CCC(Br)(Br)C(Br)(Br)C(Br)(Br)C(Br)(Br)C(Br)(Br)CO. The first-order valence-electron chi connectivity index (χ1n) is 4.62. The molecule has 0 fully saturated rings. The highest BCUT2D eigenvalue weighted by Crippen LogP contribution is 2.71. The van der Waals surface area contributed by atoms with Crippen LogP contribution in [0.4, 0.5) is 0 Å². The molecule has 0 heterocycles. The number of halogens is 10. The van der Waals surface area contributed by atoms with Gasteiger partial charge < -0.3 is 5.11 Å². The van der Waals surface area contributed by atoms with Crippen molar-refractivity contribution in [2.45, 2.75) is 29.5 Å². The number of alkyl halides is 10. The predicted molar refractivity (Wildman–Crippen MR) is 120 cm³/mol. The summed E-state index contributed by atoms with van der Waals surface area (Å²) in [5.41, 5.74) is 0. The van der Waals surface area contributed by atoms with Gasteiger partial charge in [0.15, 0.2) is 0 Å². The minimum absolute atomic E-state index is 0.164. The van der Waals surface area contributed by atoms with Crippen LogP contribution >= 0.6 is 159 Å². The lowest BCUT2D eigenvalue weighted by molar-refractivity contribution is 0.282. The maximum atomic E-state index is 9.57. The van der Waals surface area contributed by atoms with Crippen LogP contribution in [0.3, 0.4) is 0 Å². The Morgan fingerprint density at radius 2 is 0.947 bits per heavy atom. The number of rotatable bonds is 6. The Labute approximate surface area is 197 Å². The maximum Gasteiger partial charge on any atom is 0.135 e. The van der Waals surface area contributed by atoms with E-state index in [-0.39, 0.29) is 6.61 Å². The predicted octanol–water partition coefficient (Wildman–Crippen LogP) is 7.82. The summed E-state index contributed by atoms with van der Waals surface area (Å²) in [4.78, 5) is 0. The van der Waals surface area contributed by atoms with Crippen LogP contribution in [0.5, 0.6) is 0 Å². The van der Waals surface area contributed by atoms with E-state index in [1.807, 2.05) is 6.92 Å². The van der Waals surface area contributed by atoms with Crippen LogP contribution in [-0.4, -0.2) is 27.9 Å². The molecule has 0 bridgehead atoms. The molecule has 1 N–H and O–H groups in total. The lowest BCUT2D eigenvalue weighted by Crippen LogP contribution is -2.61. The Kier molecular flexibility index (Phi) is 9.97. The van der Waals surface area contributed by atoms with E-state index in [4.69, 9.17) is 0 Å². The molecule has 0 atom stereocenters. The molecule has 1 nitrogen and oxygen atoms in total. The molecule has 11 heteroatoms. The number of aliphatic hydroxyl groups is 1. The molecular formula is C8H8Br10O. The van der Waals surface area contributed by atoms with Crippen molar-refractivity contribution in [3.63, 3.8) is 0 Å². The molecule has 0 aromatic carbocycles. The van der Waals surface area contributed by atoms with Crippen LogP contribution in [0.25, 0.3) is 0 Å². The van der Waals surface area contributed by atoms with Gasteiger partial charge in [-0.15, -0.1) is 0 Å². The van der Waals surface area contributed by atoms with E-state index in [1.165, 1.54) is 0 Å². The summed E-state index contributed by atoms with van der Waals surface area (Å²) >= 11 is 36.2. The maximum absolute atomic E-state index is 9.57. The number of hydrogen-bond donors (Lipinski definition) is 1. The quantitative estimate of drug-likeness (QED) is 0.270. The highest BCUT2D eigenvalue weighted by atomic mass is 79.9. The van der Waals surface area contributed by atoms with E-state index in [1.54, 1.807) is 0 Å². The monoisotopic (exact) mass is 909 g/mol. The molecule has 0 rings (SSSR count). The first-order chi connectivity index (χ1) is 8.12. The Bertz CT molecular complexity index is 293. The zero-order valence-corrected chi connectivity index (χ0v) is 25.0. The topological polar surface area (TPSA) is 20.2 Å². The van der Waals surface area contributed by atoms with Crippen molar-refractivity contribution in [3.8, 4) is 0 Å². The Morgan fingerprint density at radius 1 is 0.632 bits per heavy atom. The molecule has 0 aliphatic rings. The van der Waals surface area contributed by atoms with Crippen molar-refractivity contribution in [3.05, 3.63) is 0 Å². The summed E-state index contributed by atoms with van der Waals surface area (Å²) < 4.78 is -3.62. The minimum atomic E-state index is -0.837. The Morgan fingerprint density at radius 3 is 1.21 bits per heavy atom. The van der Waals surface area contributed by atoms with Gasteiger partial charge in [-0.25, -0.2) is 0 Å². The molecule has 0 aromatic heterocycles. The first kappa shape index (κ1) is 23.8. The van der Waals surface area contributed by atoms with Crippen LogP contribution in [0.1, 0.15) is 13.3 Å². The smallest absolute Gasteiger partial charge is 0.135 e. The van der Waals surface area contributed by atoms with Gasteiger partial charge in [0.2, 0.25) is 0 Å². The van der Waals surface area contributed by atoms with Crippen molar-refractivity contribution in [1.29, 1.82) is 0 Å².